The van der Waals surface area contributed by atoms with Gasteiger partial charge in [0.05, 0.1) is 13.2 Å². The monoisotopic (exact) mass is 389 g/mol. The van der Waals surface area contributed by atoms with Crippen LogP contribution >= 0.6 is 0 Å². The van der Waals surface area contributed by atoms with Crippen molar-refractivity contribution in [1.82, 2.24) is 20.2 Å². The van der Waals surface area contributed by atoms with Gasteiger partial charge in [-0.3, -0.25) is 4.79 Å². The molecule has 0 saturated heterocycles. The number of rotatable bonds is 5. The Morgan fingerprint density at radius 1 is 1.21 bits per heavy atom. The molecule has 29 heavy (non-hydrogen) atoms. The summed E-state index contributed by atoms with van der Waals surface area (Å²) in [5.74, 6) is 1.45. The average Bonchev–Trinajstić information content (AvgIpc) is 3.38. The van der Waals surface area contributed by atoms with Crippen LogP contribution in [-0.2, 0) is 0 Å². The molecule has 8 nitrogen and oxygen atoms in total. The second-order valence-corrected chi connectivity index (χ2v) is 7.13. The molecule has 1 aliphatic rings. The van der Waals surface area contributed by atoms with Crippen molar-refractivity contribution >= 4 is 22.6 Å². The van der Waals surface area contributed by atoms with Gasteiger partial charge >= 0.3 is 0 Å². The van der Waals surface area contributed by atoms with E-state index in [1.54, 1.807) is 19.2 Å². The van der Waals surface area contributed by atoms with Gasteiger partial charge in [-0.15, -0.1) is 5.10 Å². The number of aryl methyl sites for hydroxylation is 1. The molecule has 0 bridgehead atoms. The number of hydrogen-bond acceptors (Lipinski definition) is 6. The summed E-state index contributed by atoms with van der Waals surface area (Å²) in [7, 11) is 1.61. The molecule has 0 unspecified atom stereocenters. The molecule has 146 valence electrons. The Morgan fingerprint density at radius 3 is 2.72 bits per heavy atom. The van der Waals surface area contributed by atoms with Gasteiger partial charge in [-0.05, 0) is 72.7 Å². The Morgan fingerprint density at radius 2 is 2.00 bits per heavy atom. The van der Waals surface area contributed by atoms with Crippen LogP contribution in [0.2, 0.25) is 0 Å². The first-order valence-electron chi connectivity index (χ1n) is 9.41. The van der Waals surface area contributed by atoms with Crippen LogP contribution < -0.4 is 10.1 Å². The van der Waals surface area contributed by atoms with Gasteiger partial charge in [0.1, 0.15) is 11.3 Å². The highest BCUT2D eigenvalue weighted by Gasteiger charge is 2.28. The Hall–Kier alpha value is -3.68. The standard InChI is InChI=1S/C21H19N5O3/c1-12-17-11-16(28-2)9-10-18(17)29-19(12)21(27)22-14-5-3-13(4-6-14)20-23-24-25-26(20)15-7-8-15/h3-6,9-11,15H,7-8H2,1-2H3,(H,22,27). The number of hydrogen-bond donors (Lipinski definition) is 1. The number of aromatic nitrogens is 4. The lowest BCUT2D eigenvalue weighted by Crippen LogP contribution is -2.12. The van der Waals surface area contributed by atoms with Gasteiger partial charge in [-0.25, -0.2) is 4.68 Å². The van der Waals surface area contributed by atoms with Crippen molar-refractivity contribution in [2.75, 3.05) is 12.4 Å². The van der Waals surface area contributed by atoms with Crippen molar-refractivity contribution in [3.63, 3.8) is 0 Å². The number of tetrazole rings is 1. The molecule has 0 aliphatic heterocycles. The van der Waals surface area contributed by atoms with E-state index in [1.807, 2.05) is 41.9 Å². The second kappa shape index (κ2) is 6.73. The quantitative estimate of drug-likeness (QED) is 0.554. The molecule has 4 aromatic rings. The van der Waals surface area contributed by atoms with E-state index in [0.717, 1.165) is 40.9 Å². The summed E-state index contributed by atoms with van der Waals surface area (Å²) < 4.78 is 12.9. The predicted octanol–water partition coefficient (Wildman–Crippen LogP) is 3.99. The zero-order chi connectivity index (χ0) is 20.0. The Labute approximate surface area is 166 Å². The highest BCUT2D eigenvalue weighted by molar-refractivity contribution is 6.06. The largest absolute Gasteiger partial charge is 0.497 e. The van der Waals surface area contributed by atoms with Gasteiger partial charge in [0, 0.05) is 22.2 Å². The van der Waals surface area contributed by atoms with Crippen molar-refractivity contribution in [3.05, 3.63) is 53.8 Å². The number of fused-ring (bicyclic) bond motifs is 1. The fraction of sp³-hybridized carbons (Fsp3) is 0.238. The number of ether oxygens (including phenoxy) is 1. The van der Waals surface area contributed by atoms with E-state index in [-0.39, 0.29) is 11.7 Å². The van der Waals surface area contributed by atoms with E-state index >= 15 is 0 Å². The van der Waals surface area contributed by atoms with Crippen molar-refractivity contribution in [2.24, 2.45) is 0 Å². The number of furan rings is 1. The van der Waals surface area contributed by atoms with Crippen LogP contribution in [0.1, 0.15) is 35.0 Å². The van der Waals surface area contributed by atoms with Crippen molar-refractivity contribution in [1.29, 1.82) is 0 Å². The molecule has 1 fully saturated rings. The minimum Gasteiger partial charge on any atom is -0.497 e. The second-order valence-electron chi connectivity index (χ2n) is 7.13. The Kier molecular flexibility index (Phi) is 4.04. The zero-order valence-corrected chi connectivity index (χ0v) is 16.0. The van der Waals surface area contributed by atoms with Crippen LogP contribution in [0.15, 0.2) is 46.9 Å². The SMILES string of the molecule is COc1ccc2oc(C(=O)Nc3ccc(-c4nnnn4C4CC4)cc3)c(C)c2c1. The van der Waals surface area contributed by atoms with Crippen LogP contribution in [0, 0.1) is 6.92 Å². The van der Waals surface area contributed by atoms with Gasteiger partial charge in [0.15, 0.2) is 11.6 Å². The molecule has 8 heteroatoms. The first-order valence-corrected chi connectivity index (χ1v) is 9.41. The number of nitrogens with zero attached hydrogens (tertiary/aromatic N) is 4. The maximum Gasteiger partial charge on any atom is 0.291 e. The van der Waals surface area contributed by atoms with Crippen LogP contribution in [0.4, 0.5) is 5.69 Å². The summed E-state index contributed by atoms with van der Waals surface area (Å²) in [4.78, 5) is 12.8. The fourth-order valence-corrected chi connectivity index (χ4v) is 3.38. The first-order chi connectivity index (χ1) is 14.1. The molecular weight excluding hydrogens is 370 g/mol. The summed E-state index contributed by atoms with van der Waals surface area (Å²) in [6.07, 6.45) is 2.21. The molecule has 0 spiro atoms. The lowest BCUT2D eigenvalue weighted by atomic mass is 10.1. The fourth-order valence-electron chi connectivity index (χ4n) is 3.38. The van der Waals surface area contributed by atoms with Crippen LogP contribution in [-0.4, -0.2) is 33.2 Å². The maximum absolute atomic E-state index is 12.8. The Balaban J connectivity index is 1.37. The van der Waals surface area contributed by atoms with Crippen LogP contribution in [0.5, 0.6) is 5.75 Å². The van der Waals surface area contributed by atoms with E-state index in [4.69, 9.17) is 9.15 Å². The van der Waals surface area contributed by atoms with E-state index in [2.05, 4.69) is 20.8 Å². The summed E-state index contributed by atoms with van der Waals surface area (Å²) in [5, 5.41) is 15.7. The van der Waals surface area contributed by atoms with Gasteiger partial charge in [-0.2, -0.15) is 0 Å². The molecule has 1 saturated carbocycles. The van der Waals surface area contributed by atoms with Crippen molar-refractivity contribution < 1.29 is 13.9 Å². The normalized spacial score (nSPS) is 13.6. The number of anilines is 1. The first kappa shape index (κ1) is 17.4. The number of amides is 1. The third-order valence-electron chi connectivity index (χ3n) is 5.14. The van der Waals surface area contributed by atoms with E-state index < -0.39 is 0 Å². The van der Waals surface area contributed by atoms with Gasteiger partial charge < -0.3 is 14.5 Å². The molecule has 2 aromatic carbocycles. The number of carbonyl (C=O) groups is 1. The summed E-state index contributed by atoms with van der Waals surface area (Å²) >= 11 is 0. The number of benzene rings is 2. The molecule has 1 N–H and O–H groups in total. The molecule has 2 aromatic heterocycles. The molecule has 5 rings (SSSR count). The minimum atomic E-state index is -0.298. The predicted molar refractivity (Wildman–Crippen MR) is 107 cm³/mol. The Bertz CT molecular complexity index is 1210. The molecule has 1 aliphatic carbocycles. The molecule has 2 heterocycles. The van der Waals surface area contributed by atoms with Crippen molar-refractivity contribution in [3.8, 4) is 17.1 Å². The van der Waals surface area contributed by atoms with Crippen LogP contribution in [0.3, 0.4) is 0 Å². The number of methoxy groups -OCH3 is 1. The summed E-state index contributed by atoms with van der Waals surface area (Å²) in [6.45, 7) is 1.86. The third-order valence-corrected chi connectivity index (χ3v) is 5.14. The van der Waals surface area contributed by atoms with Crippen LogP contribution in [0.25, 0.3) is 22.4 Å². The third kappa shape index (κ3) is 3.12. The van der Waals surface area contributed by atoms with E-state index in [9.17, 15) is 4.79 Å². The number of carbonyl (C=O) groups excluding carboxylic acids is 1. The molecule has 0 atom stereocenters. The number of nitrogens with one attached hydrogen (secondary N) is 1. The highest BCUT2D eigenvalue weighted by atomic mass is 16.5. The van der Waals surface area contributed by atoms with Crippen molar-refractivity contribution in [2.45, 2.75) is 25.8 Å². The minimum absolute atomic E-state index is 0.287. The lowest BCUT2D eigenvalue weighted by Gasteiger charge is -2.06. The molecule has 0 radical (unpaired) electrons. The topological polar surface area (TPSA) is 95.1 Å². The average molecular weight is 389 g/mol. The maximum atomic E-state index is 12.8. The summed E-state index contributed by atoms with van der Waals surface area (Å²) in [6, 6.07) is 13.3. The zero-order valence-electron chi connectivity index (χ0n) is 16.0. The van der Waals surface area contributed by atoms with Gasteiger partial charge in [0.2, 0.25) is 0 Å². The summed E-state index contributed by atoms with van der Waals surface area (Å²) in [5.41, 5.74) is 3.00. The van der Waals surface area contributed by atoms with Gasteiger partial charge in [-0.1, -0.05) is 0 Å². The lowest BCUT2D eigenvalue weighted by molar-refractivity contribution is 0.0998. The van der Waals surface area contributed by atoms with Gasteiger partial charge in [0.25, 0.3) is 5.91 Å². The molecule has 1 amide bonds. The highest BCUT2D eigenvalue weighted by Crippen LogP contribution is 2.36. The smallest absolute Gasteiger partial charge is 0.291 e. The van der Waals surface area contributed by atoms with E-state index in [0.29, 0.717) is 17.3 Å². The van der Waals surface area contributed by atoms with E-state index in [1.165, 1.54) is 0 Å². The molecular formula is C21H19N5O3.